The van der Waals surface area contributed by atoms with Gasteiger partial charge in [0.15, 0.2) is 23.1 Å². The summed E-state index contributed by atoms with van der Waals surface area (Å²) in [7, 11) is 0. The molecule has 0 bridgehead atoms. The summed E-state index contributed by atoms with van der Waals surface area (Å²) in [5.74, 6) is -2.98. The summed E-state index contributed by atoms with van der Waals surface area (Å²) in [6.07, 6.45) is 0. The van der Waals surface area contributed by atoms with Gasteiger partial charge in [0, 0.05) is 33.3 Å². The highest BCUT2D eigenvalue weighted by Gasteiger charge is 2.34. The molecule has 1 aliphatic rings. The third kappa shape index (κ3) is 6.90. The first-order valence-electron chi connectivity index (χ1n) is 19.5. The van der Waals surface area contributed by atoms with Crippen LogP contribution in [-0.2, 0) is 0 Å². The molecule has 12 nitrogen and oxygen atoms in total. The maximum absolute atomic E-state index is 14.3. The van der Waals surface area contributed by atoms with Gasteiger partial charge in [-0.25, -0.2) is 0 Å². The highest BCUT2D eigenvalue weighted by Crippen LogP contribution is 2.44. The first-order valence-corrected chi connectivity index (χ1v) is 19.5. The zero-order chi connectivity index (χ0) is 43.1. The molecule has 62 heavy (non-hydrogen) atoms. The van der Waals surface area contributed by atoms with Crippen LogP contribution in [-0.4, -0.2) is 33.6 Å². The van der Waals surface area contributed by atoms with E-state index in [-0.39, 0.29) is 56.1 Å². The van der Waals surface area contributed by atoms with Crippen LogP contribution in [0.25, 0.3) is 21.5 Å². The van der Waals surface area contributed by atoms with Crippen molar-refractivity contribution in [2.45, 2.75) is 13.8 Å². The number of phenols is 2. The molecule has 0 saturated heterocycles. The fourth-order valence-corrected chi connectivity index (χ4v) is 7.57. The van der Waals surface area contributed by atoms with Crippen molar-refractivity contribution in [2.24, 2.45) is 20.5 Å². The minimum absolute atomic E-state index is 0.000765. The Hall–Kier alpha value is -8.64. The molecule has 0 fully saturated rings. The van der Waals surface area contributed by atoms with Crippen LogP contribution in [0.15, 0.2) is 166 Å². The minimum atomic E-state index is -0.554. The maximum atomic E-state index is 14.3. The first-order chi connectivity index (χ1) is 30.1. The average Bonchev–Trinajstić information content (AvgIpc) is 3.28. The largest absolute Gasteiger partial charge is 0.505 e. The van der Waals surface area contributed by atoms with Gasteiger partial charge in [0.05, 0.1) is 33.6 Å². The Morgan fingerprint density at radius 1 is 0.468 bits per heavy atom. The highest BCUT2D eigenvalue weighted by molar-refractivity contribution is 6.31. The summed E-state index contributed by atoms with van der Waals surface area (Å²) in [6, 6.07) is 41.0. The molecule has 0 aliphatic heterocycles. The fourth-order valence-electron chi connectivity index (χ4n) is 7.57. The van der Waals surface area contributed by atoms with Crippen LogP contribution in [0.3, 0.4) is 0 Å². The number of azo groups is 2. The highest BCUT2D eigenvalue weighted by atomic mass is 16.3. The third-order valence-electron chi connectivity index (χ3n) is 10.8. The molecule has 4 N–H and O–H groups in total. The number of hydrogen-bond acceptors (Lipinski definition) is 10. The van der Waals surface area contributed by atoms with Crippen molar-refractivity contribution in [2.75, 3.05) is 10.6 Å². The van der Waals surface area contributed by atoms with Gasteiger partial charge in [0.2, 0.25) is 0 Å². The number of phenolic OH excluding ortho intramolecular Hbond substituents is 2. The molecule has 0 aromatic heterocycles. The Balaban J connectivity index is 1.07. The number of benzene rings is 8. The van der Waals surface area contributed by atoms with Gasteiger partial charge in [0.25, 0.3) is 11.8 Å². The fraction of sp³-hybridized carbons (Fsp3) is 0.0400. The Bertz CT molecular complexity index is 3060. The van der Waals surface area contributed by atoms with E-state index in [2.05, 4.69) is 31.1 Å². The molecule has 0 unspecified atom stereocenters. The van der Waals surface area contributed by atoms with Gasteiger partial charge in [-0.2, -0.15) is 0 Å². The van der Waals surface area contributed by atoms with E-state index in [1.165, 1.54) is 24.3 Å². The monoisotopic (exact) mass is 814 g/mol. The summed E-state index contributed by atoms with van der Waals surface area (Å²) < 4.78 is 0. The van der Waals surface area contributed by atoms with E-state index in [1.807, 2.05) is 38.1 Å². The lowest BCUT2D eigenvalue weighted by Crippen LogP contribution is -2.21. The summed E-state index contributed by atoms with van der Waals surface area (Å²) in [4.78, 5) is 55.7. The summed E-state index contributed by atoms with van der Waals surface area (Å²) >= 11 is 0. The number of nitrogens with one attached hydrogen (secondary N) is 2. The number of ketones is 2. The van der Waals surface area contributed by atoms with Gasteiger partial charge in [-0.1, -0.05) is 109 Å². The normalized spacial score (nSPS) is 12.2. The second-order valence-corrected chi connectivity index (χ2v) is 14.7. The van der Waals surface area contributed by atoms with Crippen molar-refractivity contribution in [3.63, 3.8) is 0 Å². The zero-order valence-electron chi connectivity index (χ0n) is 33.2. The zero-order valence-corrected chi connectivity index (χ0v) is 33.2. The van der Waals surface area contributed by atoms with Crippen LogP contribution < -0.4 is 10.6 Å². The molecule has 8 aromatic carbocycles. The predicted molar refractivity (Wildman–Crippen MR) is 238 cm³/mol. The van der Waals surface area contributed by atoms with Crippen LogP contribution >= 0.6 is 0 Å². The van der Waals surface area contributed by atoms with Gasteiger partial charge in [0.1, 0.15) is 11.4 Å². The van der Waals surface area contributed by atoms with E-state index in [9.17, 15) is 29.4 Å². The molecule has 1 aliphatic carbocycles. The van der Waals surface area contributed by atoms with E-state index in [0.29, 0.717) is 32.9 Å². The standard InChI is InChI=1S/C50H34N6O6/c1-27-13-3-9-21-37(27)51-49(61)35-25-29-15-5-7-17-31(29)43(47(35)59)55-53-39-23-11-19-33-41(39)45(57)34-20-12-24-40(42(34)46(33)58)54-56-44-32-18-8-6-16-30(32)26-36(48(44)60)50(62)52-38-22-10-4-14-28(38)2/h3-26,59-60H,1-2H3,(H,51,61)(H,52,62). The lowest BCUT2D eigenvalue weighted by Gasteiger charge is -2.19. The lowest BCUT2D eigenvalue weighted by molar-refractivity contribution is 0.0980. The minimum Gasteiger partial charge on any atom is -0.505 e. The number of para-hydroxylation sites is 2. The number of fused-ring (bicyclic) bond motifs is 4. The van der Waals surface area contributed by atoms with Crippen molar-refractivity contribution in [1.29, 1.82) is 0 Å². The molecule has 0 radical (unpaired) electrons. The molecular weight excluding hydrogens is 781 g/mol. The van der Waals surface area contributed by atoms with E-state index < -0.39 is 34.9 Å². The lowest BCUT2D eigenvalue weighted by atomic mass is 9.82. The number of rotatable bonds is 8. The quantitative estimate of drug-likeness (QED) is 0.111. The van der Waals surface area contributed by atoms with Gasteiger partial charge < -0.3 is 20.8 Å². The van der Waals surface area contributed by atoms with Crippen LogP contribution in [0.5, 0.6) is 11.5 Å². The number of hydrogen-bond donors (Lipinski definition) is 4. The van der Waals surface area contributed by atoms with Crippen LogP contribution in [0.4, 0.5) is 34.1 Å². The van der Waals surface area contributed by atoms with E-state index >= 15 is 0 Å². The van der Waals surface area contributed by atoms with Gasteiger partial charge >= 0.3 is 0 Å². The molecule has 0 spiro atoms. The molecule has 0 saturated carbocycles. The molecular formula is C50H34N6O6. The van der Waals surface area contributed by atoms with Gasteiger partial charge in [-0.15, -0.1) is 20.5 Å². The van der Waals surface area contributed by atoms with Crippen molar-refractivity contribution in [3.05, 3.63) is 190 Å². The number of aromatic hydroxyl groups is 2. The second-order valence-electron chi connectivity index (χ2n) is 14.7. The Morgan fingerprint density at radius 3 is 1.27 bits per heavy atom. The van der Waals surface area contributed by atoms with Gasteiger partial charge in [-0.05, 0) is 72.1 Å². The molecule has 2 amide bonds. The van der Waals surface area contributed by atoms with Crippen molar-refractivity contribution in [3.8, 4) is 11.5 Å². The topological polar surface area (TPSA) is 182 Å². The van der Waals surface area contributed by atoms with Gasteiger partial charge in [-0.3, -0.25) is 19.2 Å². The predicted octanol–water partition coefficient (Wildman–Crippen LogP) is 12.1. The number of carbonyl (C=O) groups excluding carboxylic acids is 4. The van der Waals surface area contributed by atoms with E-state index in [0.717, 1.165) is 11.1 Å². The number of nitrogens with zero attached hydrogens (tertiary/aromatic N) is 4. The smallest absolute Gasteiger partial charge is 0.259 e. The SMILES string of the molecule is Cc1ccccc1NC(=O)c1cc2ccccc2c(N=Nc2cccc3c2C(=O)c2cccc(N=Nc4c(O)c(C(=O)Nc5ccccc5C)cc5ccccc45)c2C3=O)c1O. The van der Waals surface area contributed by atoms with E-state index in [4.69, 9.17) is 0 Å². The number of aryl methyl sites for hydroxylation is 2. The first kappa shape index (κ1) is 38.9. The molecule has 300 valence electrons. The summed E-state index contributed by atoms with van der Waals surface area (Å²) in [5.41, 5.74) is 2.99. The summed E-state index contributed by atoms with van der Waals surface area (Å²) in [6.45, 7) is 3.71. The van der Waals surface area contributed by atoms with E-state index in [1.54, 1.807) is 97.1 Å². The number of anilines is 2. The van der Waals surface area contributed by atoms with Crippen molar-refractivity contribution >= 4 is 79.1 Å². The Kier molecular flexibility index (Phi) is 9.93. The summed E-state index contributed by atoms with van der Waals surface area (Å²) in [5, 5.41) is 48.6. The second kappa shape index (κ2) is 15.8. The molecule has 12 heteroatoms. The third-order valence-corrected chi connectivity index (χ3v) is 10.8. The van der Waals surface area contributed by atoms with Crippen molar-refractivity contribution < 1.29 is 29.4 Å². The Morgan fingerprint density at radius 2 is 0.855 bits per heavy atom. The maximum Gasteiger partial charge on any atom is 0.259 e. The van der Waals surface area contributed by atoms with Crippen molar-refractivity contribution in [1.82, 2.24) is 0 Å². The molecule has 0 atom stereocenters. The molecule has 8 aromatic rings. The number of carbonyl (C=O) groups is 4. The number of amides is 2. The molecule has 9 rings (SSSR count). The average molecular weight is 815 g/mol. The van der Waals surface area contributed by atoms with Crippen LogP contribution in [0.2, 0.25) is 0 Å². The van der Waals surface area contributed by atoms with Crippen LogP contribution in [0.1, 0.15) is 63.7 Å². The Labute approximate surface area is 353 Å². The molecule has 0 heterocycles. The van der Waals surface area contributed by atoms with Crippen LogP contribution in [0, 0.1) is 13.8 Å².